The van der Waals surface area contributed by atoms with Crippen LogP contribution in [0.2, 0.25) is 0 Å². The van der Waals surface area contributed by atoms with Crippen LogP contribution in [-0.2, 0) is 13.6 Å². The summed E-state index contributed by atoms with van der Waals surface area (Å²) in [5.41, 5.74) is 0.329. The van der Waals surface area contributed by atoms with Gasteiger partial charge in [0.1, 0.15) is 0 Å². The third kappa shape index (κ3) is 2.45. The number of aromatic nitrogens is 2. The van der Waals surface area contributed by atoms with Gasteiger partial charge in [-0.15, -0.1) is 0 Å². The van der Waals surface area contributed by atoms with Gasteiger partial charge in [-0.3, -0.25) is 4.52 Å². The average Bonchev–Trinajstić information content (AvgIpc) is 2.44. The Hall–Kier alpha value is -1.10. The van der Waals surface area contributed by atoms with E-state index >= 15 is 0 Å². The van der Waals surface area contributed by atoms with Gasteiger partial charge in [0.25, 0.3) is 0 Å². The minimum absolute atomic E-state index is 0.0384. The molecule has 2 N–H and O–H groups in total. The molecule has 0 saturated heterocycles. The van der Waals surface area contributed by atoms with Crippen LogP contribution in [0.4, 0.5) is 0 Å². The predicted molar refractivity (Wildman–Crippen MR) is 51.7 cm³/mol. The van der Waals surface area contributed by atoms with E-state index in [1.807, 2.05) is 0 Å². The Morgan fingerprint density at radius 3 is 2.64 bits per heavy atom. The Balaban J connectivity index is 2.67. The molecular formula is C9H18N3O2+. The second kappa shape index (κ2) is 3.96. The fourth-order valence-electron chi connectivity index (χ4n) is 1.000. The molecule has 1 heterocycles. The van der Waals surface area contributed by atoms with Crippen LogP contribution < -0.4 is 15.6 Å². The van der Waals surface area contributed by atoms with E-state index in [0.29, 0.717) is 12.2 Å². The molecule has 0 aliphatic carbocycles. The second-order valence-corrected chi connectivity index (χ2v) is 4.08. The van der Waals surface area contributed by atoms with Gasteiger partial charge in [-0.1, -0.05) is 11.6 Å². The topological polar surface area (TPSA) is 61.9 Å². The van der Waals surface area contributed by atoms with E-state index in [9.17, 15) is 4.79 Å². The zero-order valence-electron chi connectivity index (χ0n) is 9.18. The molecule has 0 aromatic carbocycles. The molecule has 5 nitrogen and oxygen atoms in total. The third-order valence-electron chi connectivity index (χ3n) is 2.53. The first-order valence-corrected chi connectivity index (χ1v) is 4.77. The number of aromatic amines is 1. The summed E-state index contributed by atoms with van der Waals surface area (Å²) in [5, 5.41) is 5.77. The number of nitrogens with one attached hydrogen (secondary N) is 2. The molecule has 14 heavy (non-hydrogen) atoms. The van der Waals surface area contributed by atoms with Crippen molar-refractivity contribution in [1.29, 1.82) is 0 Å². The minimum Gasteiger partial charge on any atom is -0.302 e. The zero-order chi connectivity index (χ0) is 10.8. The molecule has 0 atom stereocenters. The van der Waals surface area contributed by atoms with E-state index in [4.69, 9.17) is 0 Å². The molecule has 0 radical (unpaired) electrons. The summed E-state index contributed by atoms with van der Waals surface area (Å²) in [4.78, 5) is 11.2. The van der Waals surface area contributed by atoms with Crippen LogP contribution >= 0.6 is 0 Å². The molecule has 1 aromatic heterocycles. The van der Waals surface area contributed by atoms with Crippen molar-refractivity contribution in [3.05, 3.63) is 16.1 Å². The van der Waals surface area contributed by atoms with Crippen LogP contribution in [0.1, 0.15) is 32.9 Å². The molecule has 80 valence electrons. The maximum absolute atomic E-state index is 11.2. The van der Waals surface area contributed by atoms with Crippen LogP contribution in [0.5, 0.6) is 0 Å². The Bertz CT molecular complexity index is 351. The fourth-order valence-corrected chi connectivity index (χ4v) is 1.000. The lowest BCUT2D eigenvalue weighted by Gasteiger charge is -2.22. The highest BCUT2D eigenvalue weighted by molar-refractivity contribution is 4.85. The number of hydrogen-bond acceptors (Lipinski definition) is 3. The molecule has 0 bridgehead atoms. The van der Waals surface area contributed by atoms with Crippen molar-refractivity contribution in [2.75, 3.05) is 0 Å². The van der Waals surface area contributed by atoms with Crippen molar-refractivity contribution in [1.82, 2.24) is 10.6 Å². The van der Waals surface area contributed by atoms with Crippen molar-refractivity contribution >= 4 is 0 Å². The quantitative estimate of drug-likeness (QED) is 0.676. The van der Waals surface area contributed by atoms with Gasteiger partial charge in [0.2, 0.25) is 0 Å². The Morgan fingerprint density at radius 2 is 2.21 bits per heavy atom. The van der Waals surface area contributed by atoms with Crippen LogP contribution in [0.15, 0.2) is 9.32 Å². The standard InChI is InChI=1S/C9H17N3O2/c1-5-9(2,3)10-6-7-8(13)14-11-12(7)4/h10H,5-6H2,1-4H3/p+1. The number of aryl methyl sites for hydroxylation is 1. The number of nitrogens with zero attached hydrogens (tertiary/aromatic N) is 1. The second-order valence-electron chi connectivity index (χ2n) is 4.08. The summed E-state index contributed by atoms with van der Waals surface area (Å²) in [6.45, 7) is 6.82. The molecular weight excluding hydrogens is 182 g/mol. The number of hydrogen-bond donors (Lipinski definition) is 2. The molecule has 1 aromatic rings. The first kappa shape index (κ1) is 11.0. The van der Waals surface area contributed by atoms with Crippen molar-refractivity contribution in [2.45, 2.75) is 39.3 Å². The van der Waals surface area contributed by atoms with Gasteiger partial charge < -0.3 is 5.32 Å². The molecule has 0 aliphatic rings. The van der Waals surface area contributed by atoms with E-state index in [1.54, 1.807) is 11.7 Å². The fraction of sp³-hybridized carbons (Fsp3) is 0.778. The molecule has 0 spiro atoms. The van der Waals surface area contributed by atoms with E-state index < -0.39 is 0 Å². The Morgan fingerprint density at radius 1 is 1.57 bits per heavy atom. The van der Waals surface area contributed by atoms with E-state index in [0.717, 1.165) is 6.42 Å². The smallest absolute Gasteiger partial charge is 0.302 e. The van der Waals surface area contributed by atoms with Gasteiger partial charge in [-0.05, 0) is 25.5 Å². The minimum atomic E-state index is -0.313. The SMILES string of the molecule is CCC(C)(C)NCc1c(=O)o[nH][n+]1C. The summed E-state index contributed by atoms with van der Waals surface area (Å²) in [5.74, 6) is 0. The Kier molecular flexibility index (Phi) is 3.10. The third-order valence-corrected chi connectivity index (χ3v) is 2.53. The van der Waals surface area contributed by atoms with Gasteiger partial charge in [0.15, 0.2) is 7.05 Å². The number of H-pyrrole nitrogens is 1. The van der Waals surface area contributed by atoms with Gasteiger partial charge in [-0.2, -0.15) is 0 Å². The van der Waals surface area contributed by atoms with Crippen LogP contribution in [0.3, 0.4) is 0 Å². The Labute approximate surface area is 83.1 Å². The molecule has 0 unspecified atom stereocenters. The van der Waals surface area contributed by atoms with Gasteiger partial charge in [0, 0.05) is 5.54 Å². The number of rotatable bonds is 4. The molecule has 0 fully saturated rings. The van der Waals surface area contributed by atoms with Gasteiger partial charge >= 0.3 is 11.3 Å². The maximum Gasteiger partial charge on any atom is 0.431 e. The predicted octanol–water partition coefficient (Wildman–Crippen LogP) is 0.0706. The van der Waals surface area contributed by atoms with Crippen molar-refractivity contribution in [3.8, 4) is 0 Å². The highest BCUT2D eigenvalue weighted by atomic mass is 16.5. The highest BCUT2D eigenvalue weighted by Gasteiger charge is 2.21. The molecule has 0 amide bonds. The molecule has 0 aliphatic heterocycles. The summed E-state index contributed by atoms with van der Waals surface area (Å²) in [6, 6.07) is 0. The average molecular weight is 200 g/mol. The van der Waals surface area contributed by atoms with Gasteiger partial charge in [-0.25, -0.2) is 4.79 Å². The zero-order valence-corrected chi connectivity index (χ0v) is 9.18. The van der Waals surface area contributed by atoms with Crippen molar-refractivity contribution in [3.63, 3.8) is 0 Å². The van der Waals surface area contributed by atoms with Crippen LogP contribution in [0.25, 0.3) is 0 Å². The normalized spacial score (nSPS) is 12.0. The van der Waals surface area contributed by atoms with Crippen LogP contribution in [0, 0.1) is 0 Å². The van der Waals surface area contributed by atoms with E-state index in [2.05, 4.69) is 35.9 Å². The largest absolute Gasteiger partial charge is 0.431 e. The summed E-state index contributed by atoms with van der Waals surface area (Å²) >= 11 is 0. The van der Waals surface area contributed by atoms with E-state index in [-0.39, 0.29) is 11.2 Å². The molecule has 5 heteroatoms. The molecule has 1 rings (SSSR count). The summed E-state index contributed by atoms with van der Waals surface area (Å²) in [6.07, 6.45) is 1.01. The first-order valence-electron chi connectivity index (χ1n) is 4.77. The highest BCUT2D eigenvalue weighted by Crippen LogP contribution is 2.06. The lowest BCUT2D eigenvalue weighted by atomic mass is 10.0. The van der Waals surface area contributed by atoms with Crippen molar-refractivity contribution < 1.29 is 9.20 Å². The van der Waals surface area contributed by atoms with E-state index in [1.165, 1.54) is 0 Å². The van der Waals surface area contributed by atoms with Crippen molar-refractivity contribution in [2.24, 2.45) is 7.05 Å². The summed E-state index contributed by atoms with van der Waals surface area (Å²) in [7, 11) is 1.75. The lowest BCUT2D eigenvalue weighted by Crippen LogP contribution is -2.44. The summed E-state index contributed by atoms with van der Waals surface area (Å²) < 4.78 is 6.22. The monoisotopic (exact) mass is 200 g/mol. The lowest BCUT2D eigenvalue weighted by molar-refractivity contribution is -0.746. The van der Waals surface area contributed by atoms with Gasteiger partial charge in [0.05, 0.1) is 6.54 Å². The first-order chi connectivity index (χ1) is 6.46. The maximum atomic E-state index is 11.2. The van der Waals surface area contributed by atoms with Crippen LogP contribution in [-0.4, -0.2) is 10.8 Å². The molecule has 0 saturated carbocycles.